The number of ketones is 1. The van der Waals surface area contributed by atoms with E-state index in [1.807, 2.05) is 36.4 Å². The maximum Gasteiger partial charge on any atom is 0.189 e. The molecule has 0 heterocycles. The van der Waals surface area contributed by atoms with Crippen molar-refractivity contribution in [3.63, 3.8) is 0 Å². The molecule has 126 valence electrons. The predicted octanol–water partition coefficient (Wildman–Crippen LogP) is 4.82. The first-order valence-electron chi connectivity index (χ1n) is 8.42. The molecule has 0 aromatic heterocycles. The zero-order valence-electron chi connectivity index (χ0n) is 14.3. The van der Waals surface area contributed by atoms with E-state index in [2.05, 4.69) is 18.7 Å². The van der Waals surface area contributed by atoms with Crippen molar-refractivity contribution in [1.29, 1.82) is 0 Å². The van der Waals surface area contributed by atoms with Gasteiger partial charge in [-0.3, -0.25) is 4.79 Å². The van der Waals surface area contributed by atoms with E-state index >= 15 is 0 Å². The number of carbonyl (C=O) groups is 1. The van der Waals surface area contributed by atoms with Crippen LogP contribution in [0.5, 0.6) is 0 Å². The summed E-state index contributed by atoms with van der Waals surface area (Å²) in [4.78, 5) is 15.1. The van der Waals surface area contributed by atoms with Crippen molar-refractivity contribution in [2.75, 3.05) is 19.6 Å². The van der Waals surface area contributed by atoms with E-state index in [9.17, 15) is 9.18 Å². The number of carbonyl (C=O) groups excluding carboxylic acids is 1. The summed E-state index contributed by atoms with van der Waals surface area (Å²) in [7, 11) is 0. The topological polar surface area (TPSA) is 20.3 Å². The molecule has 0 radical (unpaired) electrons. The standard InChI is InChI=1S/C21H24FNO/c1-3-23(4-2)15-14-19(16-17-10-12-20(22)13-11-17)21(24)18-8-6-5-7-9-18/h5-13,16H,3-4,14-15H2,1-2H3/b19-16-. The van der Waals surface area contributed by atoms with Gasteiger partial charge in [0.25, 0.3) is 0 Å². The summed E-state index contributed by atoms with van der Waals surface area (Å²) in [6.07, 6.45) is 2.55. The van der Waals surface area contributed by atoms with Gasteiger partial charge in [-0.2, -0.15) is 0 Å². The number of hydrogen-bond donors (Lipinski definition) is 0. The Balaban J connectivity index is 2.26. The summed E-state index contributed by atoms with van der Waals surface area (Å²) in [6, 6.07) is 15.5. The van der Waals surface area contributed by atoms with Gasteiger partial charge in [-0.1, -0.05) is 56.3 Å². The molecule has 0 atom stereocenters. The third-order valence-corrected chi connectivity index (χ3v) is 4.13. The van der Waals surface area contributed by atoms with Crippen LogP contribution < -0.4 is 0 Å². The molecule has 0 aliphatic carbocycles. The Morgan fingerprint density at radius 1 is 1.00 bits per heavy atom. The van der Waals surface area contributed by atoms with E-state index in [-0.39, 0.29) is 11.6 Å². The van der Waals surface area contributed by atoms with Crippen LogP contribution in [0.15, 0.2) is 60.2 Å². The highest BCUT2D eigenvalue weighted by molar-refractivity contribution is 6.11. The number of Topliss-reactive ketones (excluding diaryl/α,β-unsaturated/α-hetero) is 1. The average molecular weight is 325 g/mol. The Labute approximate surface area is 143 Å². The molecule has 0 saturated carbocycles. The molecule has 2 rings (SSSR count). The van der Waals surface area contributed by atoms with Crippen LogP contribution in [0.1, 0.15) is 36.2 Å². The zero-order valence-corrected chi connectivity index (χ0v) is 14.3. The van der Waals surface area contributed by atoms with Crippen LogP contribution in [0.25, 0.3) is 6.08 Å². The minimum absolute atomic E-state index is 0.0343. The van der Waals surface area contributed by atoms with Crippen molar-refractivity contribution in [2.45, 2.75) is 20.3 Å². The predicted molar refractivity (Wildman–Crippen MR) is 97.6 cm³/mol. The number of rotatable bonds is 8. The van der Waals surface area contributed by atoms with E-state index in [0.717, 1.165) is 30.8 Å². The summed E-state index contributed by atoms with van der Waals surface area (Å²) in [5, 5.41) is 0. The lowest BCUT2D eigenvalue weighted by Gasteiger charge is -2.18. The second-order valence-electron chi connectivity index (χ2n) is 5.69. The Morgan fingerprint density at radius 3 is 2.21 bits per heavy atom. The van der Waals surface area contributed by atoms with Crippen molar-refractivity contribution in [1.82, 2.24) is 4.90 Å². The smallest absolute Gasteiger partial charge is 0.189 e. The van der Waals surface area contributed by atoms with Gasteiger partial charge in [-0.25, -0.2) is 4.39 Å². The molecular formula is C21H24FNO. The van der Waals surface area contributed by atoms with Crippen LogP contribution in [0.2, 0.25) is 0 Å². The summed E-state index contributed by atoms with van der Waals surface area (Å²) < 4.78 is 13.1. The van der Waals surface area contributed by atoms with Gasteiger partial charge in [-0.15, -0.1) is 0 Å². The number of nitrogens with zero attached hydrogens (tertiary/aromatic N) is 1. The lowest BCUT2D eigenvalue weighted by atomic mass is 9.98. The molecule has 0 bridgehead atoms. The summed E-state index contributed by atoms with van der Waals surface area (Å²) in [5.74, 6) is -0.238. The normalized spacial score (nSPS) is 11.8. The summed E-state index contributed by atoms with van der Waals surface area (Å²) in [6.45, 7) is 6.98. The van der Waals surface area contributed by atoms with Gasteiger partial charge in [-0.05, 0) is 43.3 Å². The van der Waals surface area contributed by atoms with Crippen LogP contribution in [0.3, 0.4) is 0 Å². The third kappa shape index (κ3) is 5.14. The Kier molecular flexibility index (Phi) is 6.89. The van der Waals surface area contributed by atoms with Crippen molar-refractivity contribution in [3.05, 3.63) is 77.1 Å². The van der Waals surface area contributed by atoms with Gasteiger partial charge in [0, 0.05) is 17.7 Å². The van der Waals surface area contributed by atoms with Gasteiger partial charge in [0.15, 0.2) is 5.78 Å². The van der Waals surface area contributed by atoms with E-state index in [1.165, 1.54) is 12.1 Å². The summed E-state index contributed by atoms with van der Waals surface area (Å²) in [5.41, 5.74) is 2.28. The molecule has 0 spiro atoms. The van der Waals surface area contributed by atoms with E-state index < -0.39 is 0 Å². The van der Waals surface area contributed by atoms with Gasteiger partial charge in [0.2, 0.25) is 0 Å². The zero-order chi connectivity index (χ0) is 17.4. The molecule has 0 fully saturated rings. The minimum Gasteiger partial charge on any atom is -0.304 e. The van der Waals surface area contributed by atoms with Crippen LogP contribution >= 0.6 is 0 Å². The van der Waals surface area contributed by atoms with E-state index in [4.69, 9.17) is 0 Å². The van der Waals surface area contributed by atoms with Crippen molar-refractivity contribution >= 4 is 11.9 Å². The van der Waals surface area contributed by atoms with Crippen molar-refractivity contribution in [3.8, 4) is 0 Å². The van der Waals surface area contributed by atoms with Crippen LogP contribution in [-0.4, -0.2) is 30.3 Å². The quantitative estimate of drug-likeness (QED) is 0.512. The first-order chi connectivity index (χ1) is 11.6. The van der Waals surface area contributed by atoms with Crippen molar-refractivity contribution < 1.29 is 9.18 Å². The average Bonchev–Trinajstić information content (AvgIpc) is 2.63. The monoisotopic (exact) mass is 325 g/mol. The number of hydrogen-bond acceptors (Lipinski definition) is 2. The largest absolute Gasteiger partial charge is 0.304 e. The molecule has 2 nitrogen and oxygen atoms in total. The second-order valence-corrected chi connectivity index (χ2v) is 5.69. The molecule has 0 amide bonds. The van der Waals surface area contributed by atoms with Crippen molar-refractivity contribution in [2.24, 2.45) is 0 Å². The third-order valence-electron chi connectivity index (χ3n) is 4.13. The molecule has 2 aromatic rings. The lowest BCUT2D eigenvalue weighted by Crippen LogP contribution is -2.25. The van der Waals surface area contributed by atoms with Crippen LogP contribution in [0.4, 0.5) is 4.39 Å². The molecule has 0 aliphatic heterocycles. The van der Waals surface area contributed by atoms with Gasteiger partial charge >= 0.3 is 0 Å². The highest BCUT2D eigenvalue weighted by Gasteiger charge is 2.13. The summed E-state index contributed by atoms with van der Waals surface area (Å²) >= 11 is 0. The number of halogens is 1. The number of benzene rings is 2. The lowest BCUT2D eigenvalue weighted by molar-refractivity contribution is 0.102. The first-order valence-corrected chi connectivity index (χ1v) is 8.42. The highest BCUT2D eigenvalue weighted by Crippen LogP contribution is 2.17. The van der Waals surface area contributed by atoms with Gasteiger partial charge < -0.3 is 4.90 Å². The van der Waals surface area contributed by atoms with Gasteiger partial charge in [0.05, 0.1) is 0 Å². The molecule has 0 saturated heterocycles. The van der Waals surface area contributed by atoms with Crippen LogP contribution in [-0.2, 0) is 0 Å². The first kappa shape index (κ1) is 18.1. The maximum absolute atomic E-state index is 13.1. The molecule has 0 N–H and O–H groups in total. The molecule has 2 aromatic carbocycles. The SMILES string of the molecule is CCN(CC)CC/C(=C/c1ccc(F)cc1)C(=O)c1ccccc1. The van der Waals surface area contributed by atoms with Crippen LogP contribution in [0, 0.1) is 5.82 Å². The molecule has 0 unspecified atom stereocenters. The maximum atomic E-state index is 13.1. The molecule has 24 heavy (non-hydrogen) atoms. The Hall–Kier alpha value is -2.26. The minimum atomic E-state index is -0.272. The van der Waals surface area contributed by atoms with Gasteiger partial charge in [0.1, 0.15) is 5.82 Å². The fourth-order valence-electron chi connectivity index (χ4n) is 2.60. The second kappa shape index (κ2) is 9.14. The molecule has 3 heteroatoms. The Bertz CT molecular complexity index is 673. The fraction of sp³-hybridized carbons (Fsp3) is 0.286. The van der Waals surface area contributed by atoms with E-state index in [0.29, 0.717) is 12.0 Å². The molecule has 0 aliphatic rings. The Morgan fingerprint density at radius 2 is 1.62 bits per heavy atom. The highest BCUT2D eigenvalue weighted by atomic mass is 19.1. The van der Waals surface area contributed by atoms with E-state index in [1.54, 1.807) is 12.1 Å². The fourth-order valence-corrected chi connectivity index (χ4v) is 2.60. The molecular weight excluding hydrogens is 301 g/mol.